The third-order valence-electron chi connectivity index (χ3n) is 1.38. The maximum atomic E-state index is 12.0. The van der Waals surface area contributed by atoms with Gasteiger partial charge < -0.3 is 5.73 Å². The topological polar surface area (TPSA) is 38.9 Å². The molecule has 0 aliphatic rings. The van der Waals surface area contributed by atoms with Crippen LogP contribution >= 0.6 is 0 Å². The summed E-state index contributed by atoms with van der Waals surface area (Å²) in [6, 6.07) is 2.81. The highest BCUT2D eigenvalue weighted by atomic mass is 19.3. The number of pyridine rings is 1. The van der Waals surface area contributed by atoms with Crippen molar-refractivity contribution in [3.05, 3.63) is 23.4 Å². The van der Waals surface area contributed by atoms with Gasteiger partial charge in [-0.15, -0.1) is 0 Å². The van der Waals surface area contributed by atoms with Crippen LogP contribution in [0.2, 0.25) is 0 Å². The van der Waals surface area contributed by atoms with Gasteiger partial charge in [0.1, 0.15) is 11.5 Å². The zero-order chi connectivity index (χ0) is 8.43. The Balaban J connectivity index is 3.05. The van der Waals surface area contributed by atoms with Crippen molar-refractivity contribution in [1.29, 1.82) is 0 Å². The monoisotopic (exact) mass is 158 g/mol. The van der Waals surface area contributed by atoms with E-state index < -0.39 is 6.43 Å². The van der Waals surface area contributed by atoms with Crippen LogP contribution in [0.1, 0.15) is 17.7 Å². The first-order chi connectivity index (χ1) is 5.11. The summed E-state index contributed by atoms with van der Waals surface area (Å²) in [4.78, 5) is 3.50. The largest absolute Gasteiger partial charge is 0.383 e. The summed E-state index contributed by atoms with van der Waals surface area (Å²) in [6.07, 6.45) is -2.54. The molecule has 2 nitrogen and oxygen atoms in total. The van der Waals surface area contributed by atoms with Gasteiger partial charge in [-0.2, -0.15) is 0 Å². The number of aryl methyl sites for hydroxylation is 1. The highest BCUT2D eigenvalue weighted by molar-refractivity contribution is 5.39. The zero-order valence-corrected chi connectivity index (χ0v) is 6.01. The van der Waals surface area contributed by atoms with Crippen LogP contribution in [0.4, 0.5) is 14.6 Å². The molecule has 1 aromatic heterocycles. The second kappa shape index (κ2) is 2.82. The molecule has 4 heteroatoms. The fraction of sp³-hybridized carbons (Fsp3) is 0.286. The van der Waals surface area contributed by atoms with Gasteiger partial charge in [0.2, 0.25) is 0 Å². The molecule has 2 N–H and O–H groups in total. The molecule has 0 saturated heterocycles. The minimum absolute atomic E-state index is 0.169. The number of nitrogens with zero attached hydrogens (tertiary/aromatic N) is 1. The minimum Gasteiger partial charge on any atom is -0.383 e. The highest BCUT2D eigenvalue weighted by Gasteiger charge is 2.08. The van der Waals surface area contributed by atoms with Crippen LogP contribution in [-0.4, -0.2) is 4.98 Å². The molecule has 0 aliphatic heterocycles. The molecule has 0 unspecified atom stereocenters. The van der Waals surface area contributed by atoms with Gasteiger partial charge in [-0.05, 0) is 18.6 Å². The van der Waals surface area contributed by atoms with Crippen molar-refractivity contribution >= 4 is 5.82 Å². The molecule has 0 radical (unpaired) electrons. The van der Waals surface area contributed by atoms with Crippen molar-refractivity contribution in [2.24, 2.45) is 0 Å². The molecule has 1 heterocycles. The van der Waals surface area contributed by atoms with Gasteiger partial charge in [-0.25, -0.2) is 13.8 Å². The van der Waals surface area contributed by atoms with E-state index in [4.69, 9.17) is 5.73 Å². The first-order valence-corrected chi connectivity index (χ1v) is 3.12. The van der Waals surface area contributed by atoms with Gasteiger partial charge in [-0.1, -0.05) is 6.07 Å². The van der Waals surface area contributed by atoms with Crippen LogP contribution < -0.4 is 5.73 Å². The van der Waals surface area contributed by atoms with Gasteiger partial charge in [0.25, 0.3) is 6.43 Å². The lowest BCUT2D eigenvalue weighted by Crippen LogP contribution is -1.98. The third-order valence-corrected chi connectivity index (χ3v) is 1.38. The lowest BCUT2D eigenvalue weighted by molar-refractivity contribution is 0.146. The van der Waals surface area contributed by atoms with E-state index in [2.05, 4.69) is 4.98 Å². The molecule has 0 amide bonds. The number of aromatic nitrogens is 1. The number of nitrogen functional groups attached to an aromatic ring is 1. The van der Waals surface area contributed by atoms with Crippen LogP contribution in [0, 0.1) is 6.92 Å². The van der Waals surface area contributed by atoms with Gasteiger partial charge in [0, 0.05) is 0 Å². The van der Waals surface area contributed by atoms with Crippen LogP contribution in [0.3, 0.4) is 0 Å². The van der Waals surface area contributed by atoms with Crippen molar-refractivity contribution < 1.29 is 8.78 Å². The summed E-state index contributed by atoms with van der Waals surface area (Å²) in [7, 11) is 0. The average molecular weight is 158 g/mol. The number of hydrogen-bond donors (Lipinski definition) is 1. The molecule has 1 aromatic rings. The normalized spacial score (nSPS) is 10.5. The third kappa shape index (κ3) is 1.63. The molecule has 0 saturated carbocycles. The molecule has 0 spiro atoms. The molecule has 0 fully saturated rings. The standard InChI is InChI=1S/C7H8F2N2/c1-4-2-3-5(6(8)9)11-7(4)10/h2-3,6H,1H3,(H2,10,11). The van der Waals surface area contributed by atoms with Crippen LogP contribution in [0.25, 0.3) is 0 Å². The molecule has 0 bridgehead atoms. The second-order valence-corrected chi connectivity index (χ2v) is 2.24. The summed E-state index contributed by atoms with van der Waals surface area (Å²) in [5, 5.41) is 0. The van der Waals surface area contributed by atoms with Crippen molar-refractivity contribution in [2.45, 2.75) is 13.3 Å². The van der Waals surface area contributed by atoms with Crippen LogP contribution in [-0.2, 0) is 0 Å². The molecular formula is C7H8F2N2. The molecule has 11 heavy (non-hydrogen) atoms. The fourth-order valence-corrected chi connectivity index (χ4v) is 0.682. The van der Waals surface area contributed by atoms with E-state index in [0.29, 0.717) is 0 Å². The van der Waals surface area contributed by atoms with E-state index in [1.165, 1.54) is 12.1 Å². The summed E-state index contributed by atoms with van der Waals surface area (Å²) in [6.45, 7) is 1.72. The van der Waals surface area contributed by atoms with Gasteiger partial charge >= 0.3 is 0 Å². The maximum absolute atomic E-state index is 12.0. The van der Waals surface area contributed by atoms with Crippen molar-refractivity contribution in [3.63, 3.8) is 0 Å². The molecule has 1 rings (SSSR count). The van der Waals surface area contributed by atoms with Gasteiger partial charge in [-0.3, -0.25) is 0 Å². The van der Waals surface area contributed by atoms with Crippen molar-refractivity contribution in [1.82, 2.24) is 4.98 Å². The quantitative estimate of drug-likeness (QED) is 0.678. The van der Waals surface area contributed by atoms with E-state index in [1.807, 2.05) is 0 Å². The van der Waals surface area contributed by atoms with Crippen LogP contribution in [0.15, 0.2) is 12.1 Å². The first kappa shape index (κ1) is 7.91. The number of anilines is 1. The Morgan fingerprint density at radius 3 is 2.55 bits per heavy atom. The number of rotatable bonds is 1. The molecule has 60 valence electrons. The molecule has 0 aromatic carbocycles. The summed E-state index contributed by atoms with van der Waals surface area (Å²) >= 11 is 0. The minimum atomic E-state index is -2.54. The van der Waals surface area contributed by atoms with Crippen molar-refractivity contribution in [2.75, 3.05) is 5.73 Å². The number of hydrogen-bond acceptors (Lipinski definition) is 2. The number of alkyl halides is 2. The maximum Gasteiger partial charge on any atom is 0.280 e. The van der Waals surface area contributed by atoms with E-state index in [9.17, 15) is 8.78 Å². The summed E-state index contributed by atoms with van der Waals surface area (Å²) in [5.41, 5.74) is 5.76. The second-order valence-electron chi connectivity index (χ2n) is 2.24. The Morgan fingerprint density at radius 1 is 1.45 bits per heavy atom. The predicted octanol–water partition coefficient (Wildman–Crippen LogP) is 1.91. The first-order valence-electron chi connectivity index (χ1n) is 3.12. The van der Waals surface area contributed by atoms with Gasteiger partial charge in [0.15, 0.2) is 0 Å². The predicted molar refractivity (Wildman–Crippen MR) is 38.3 cm³/mol. The summed E-state index contributed by atoms with van der Waals surface area (Å²) < 4.78 is 23.9. The SMILES string of the molecule is Cc1ccc(C(F)F)nc1N. The van der Waals surface area contributed by atoms with E-state index in [0.717, 1.165) is 5.56 Å². The Morgan fingerprint density at radius 2 is 2.09 bits per heavy atom. The Kier molecular flexibility index (Phi) is 2.03. The summed E-state index contributed by atoms with van der Waals surface area (Å²) in [5.74, 6) is 0.169. The molecular weight excluding hydrogens is 150 g/mol. The Bertz CT molecular complexity index is 261. The Labute approximate surface area is 63.1 Å². The molecule has 0 atom stereocenters. The van der Waals surface area contributed by atoms with Crippen molar-refractivity contribution in [3.8, 4) is 0 Å². The smallest absolute Gasteiger partial charge is 0.280 e. The van der Waals surface area contributed by atoms with E-state index in [1.54, 1.807) is 6.92 Å². The lowest BCUT2D eigenvalue weighted by Gasteiger charge is -2.01. The molecule has 0 aliphatic carbocycles. The Hall–Kier alpha value is -1.19. The lowest BCUT2D eigenvalue weighted by atomic mass is 10.2. The zero-order valence-electron chi connectivity index (χ0n) is 6.01. The van der Waals surface area contributed by atoms with Crippen LogP contribution in [0.5, 0.6) is 0 Å². The van der Waals surface area contributed by atoms with E-state index in [-0.39, 0.29) is 11.5 Å². The highest BCUT2D eigenvalue weighted by Crippen LogP contribution is 2.18. The number of halogens is 2. The number of nitrogens with two attached hydrogens (primary N) is 1. The van der Waals surface area contributed by atoms with Gasteiger partial charge in [0.05, 0.1) is 0 Å². The fourth-order valence-electron chi connectivity index (χ4n) is 0.682. The van der Waals surface area contributed by atoms with E-state index >= 15 is 0 Å². The average Bonchev–Trinajstić information content (AvgIpc) is 1.94.